The first kappa shape index (κ1) is 17.5. The third-order valence-corrected chi connectivity index (χ3v) is 6.53. The van der Waals surface area contributed by atoms with E-state index in [4.69, 9.17) is 0 Å². The molecule has 2 aromatic heterocycles. The molecule has 0 saturated carbocycles. The van der Waals surface area contributed by atoms with Crippen molar-refractivity contribution in [1.29, 1.82) is 0 Å². The molecule has 0 atom stereocenters. The molecular weight excluding hydrogens is 432 g/mol. The van der Waals surface area contributed by atoms with E-state index in [2.05, 4.69) is 25.9 Å². The molecule has 4 nitrogen and oxygen atoms in total. The van der Waals surface area contributed by atoms with Gasteiger partial charge in [-0.2, -0.15) is 0 Å². The van der Waals surface area contributed by atoms with E-state index in [0.717, 1.165) is 31.6 Å². The number of alkyl halides is 1. The average molecular weight is 445 g/mol. The Morgan fingerprint density at radius 1 is 0.885 bits per heavy atom. The second-order valence-electron chi connectivity index (χ2n) is 5.72. The molecule has 2 heterocycles. The summed E-state index contributed by atoms with van der Waals surface area (Å²) in [5, 5.41) is 0.281. The van der Waals surface area contributed by atoms with Crippen LogP contribution in [0.15, 0.2) is 35.3 Å². The zero-order valence-electron chi connectivity index (χ0n) is 13.8. The Morgan fingerprint density at radius 2 is 1.38 bits per heavy atom. The number of Topliss-reactive ketones (excluding diaryl/α,β-unsaturated/α-hetero) is 2. The van der Waals surface area contributed by atoms with Crippen LogP contribution >= 0.6 is 38.6 Å². The highest BCUT2D eigenvalue weighted by Gasteiger charge is 2.19. The van der Waals surface area contributed by atoms with Crippen molar-refractivity contribution in [2.24, 2.45) is 0 Å². The van der Waals surface area contributed by atoms with Gasteiger partial charge in [0.15, 0.2) is 11.6 Å². The van der Waals surface area contributed by atoms with Crippen LogP contribution in [-0.2, 0) is 0 Å². The van der Waals surface area contributed by atoms with Crippen molar-refractivity contribution in [3.8, 4) is 11.1 Å². The van der Waals surface area contributed by atoms with Crippen LogP contribution < -0.4 is 0 Å². The summed E-state index contributed by atoms with van der Waals surface area (Å²) in [6.07, 6.45) is 0.464. The minimum atomic E-state index is 0.0356. The maximum atomic E-state index is 12.2. The first-order valence-corrected chi connectivity index (χ1v) is 10.9. The molecule has 0 saturated heterocycles. The van der Waals surface area contributed by atoms with Gasteiger partial charge in [-0.3, -0.25) is 9.59 Å². The Kier molecular flexibility index (Phi) is 4.69. The lowest BCUT2D eigenvalue weighted by Gasteiger charge is -2.09. The van der Waals surface area contributed by atoms with Crippen molar-refractivity contribution >= 4 is 70.6 Å². The van der Waals surface area contributed by atoms with E-state index in [9.17, 15) is 9.59 Å². The summed E-state index contributed by atoms with van der Waals surface area (Å²) in [4.78, 5) is 33.4. The SMILES string of the molecule is CCC(=O)c1ccc(-c2ccc(C(=O)CBr)c3scnc23)c2ncsc12. The maximum absolute atomic E-state index is 12.2. The van der Waals surface area contributed by atoms with Crippen molar-refractivity contribution in [3.05, 3.63) is 46.4 Å². The summed E-state index contributed by atoms with van der Waals surface area (Å²) in [5.41, 5.74) is 8.38. The number of ketones is 2. The number of carbonyl (C=O) groups is 2. The van der Waals surface area contributed by atoms with Crippen LogP contribution in [0.3, 0.4) is 0 Å². The number of hydrogen-bond donors (Lipinski definition) is 0. The van der Waals surface area contributed by atoms with E-state index in [-0.39, 0.29) is 16.9 Å². The summed E-state index contributed by atoms with van der Waals surface area (Å²) in [6.45, 7) is 1.86. The van der Waals surface area contributed by atoms with Crippen molar-refractivity contribution in [2.75, 3.05) is 5.33 Å². The molecule has 4 aromatic rings. The second kappa shape index (κ2) is 6.98. The summed E-state index contributed by atoms with van der Waals surface area (Å²) in [5.74, 6) is 0.149. The highest BCUT2D eigenvalue weighted by Crippen LogP contribution is 2.38. The van der Waals surface area contributed by atoms with Gasteiger partial charge < -0.3 is 0 Å². The molecule has 0 radical (unpaired) electrons. The van der Waals surface area contributed by atoms with Crippen LogP contribution in [0, 0.1) is 0 Å². The van der Waals surface area contributed by atoms with E-state index in [1.54, 1.807) is 11.0 Å². The van der Waals surface area contributed by atoms with Crippen LogP contribution in [0.4, 0.5) is 0 Å². The quantitative estimate of drug-likeness (QED) is 0.290. The van der Waals surface area contributed by atoms with Gasteiger partial charge in [0.2, 0.25) is 0 Å². The number of carbonyl (C=O) groups excluding carboxylic acids is 2. The topological polar surface area (TPSA) is 59.9 Å². The fraction of sp³-hybridized carbons (Fsp3) is 0.158. The van der Waals surface area contributed by atoms with Crippen LogP contribution in [0.2, 0.25) is 0 Å². The number of thiazole rings is 2. The normalized spacial score (nSPS) is 11.3. The van der Waals surface area contributed by atoms with Gasteiger partial charge in [-0.05, 0) is 12.1 Å². The van der Waals surface area contributed by atoms with Crippen LogP contribution in [-0.4, -0.2) is 26.9 Å². The van der Waals surface area contributed by atoms with Crippen LogP contribution in [0.25, 0.3) is 31.6 Å². The minimum Gasteiger partial charge on any atom is -0.294 e. The lowest BCUT2D eigenvalue weighted by molar-refractivity contribution is 0.0988. The van der Waals surface area contributed by atoms with Crippen LogP contribution in [0.1, 0.15) is 34.1 Å². The molecule has 0 bridgehead atoms. The third kappa shape index (κ3) is 2.71. The highest BCUT2D eigenvalue weighted by atomic mass is 79.9. The van der Waals surface area contributed by atoms with Crippen molar-refractivity contribution in [2.45, 2.75) is 13.3 Å². The summed E-state index contributed by atoms with van der Waals surface area (Å²) in [6, 6.07) is 7.58. The van der Waals surface area contributed by atoms with Gasteiger partial charge in [-0.25, -0.2) is 9.97 Å². The third-order valence-electron chi connectivity index (χ3n) is 4.30. The van der Waals surface area contributed by atoms with E-state index in [1.807, 2.05) is 31.2 Å². The Balaban J connectivity index is 1.97. The Morgan fingerprint density at radius 3 is 1.85 bits per heavy atom. The van der Waals surface area contributed by atoms with Gasteiger partial charge in [-0.1, -0.05) is 35.0 Å². The average Bonchev–Trinajstić information content (AvgIpc) is 3.34. The molecule has 130 valence electrons. The van der Waals surface area contributed by atoms with E-state index in [1.165, 1.54) is 22.7 Å². The number of rotatable bonds is 5. The highest BCUT2D eigenvalue weighted by molar-refractivity contribution is 9.09. The first-order valence-electron chi connectivity index (χ1n) is 8.00. The smallest absolute Gasteiger partial charge is 0.174 e. The molecule has 0 amide bonds. The zero-order chi connectivity index (χ0) is 18.3. The zero-order valence-corrected chi connectivity index (χ0v) is 17.0. The van der Waals surface area contributed by atoms with Gasteiger partial charge in [0, 0.05) is 28.7 Å². The molecule has 7 heteroatoms. The molecule has 2 aromatic carbocycles. The molecule has 0 aliphatic heterocycles. The van der Waals surface area contributed by atoms with E-state index < -0.39 is 0 Å². The van der Waals surface area contributed by atoms with Gasteiger partial charge in [-0.15, -0.1) is 22.7 Å². The monoisotopic (exact) mass is 444 g/mol. The molecule has 0 aliphatic carbocycles. The van der Waals surface area contributed by atoms with Crippen molar-refractivity contribution < 1.29 is 9.59 Å². The maximum Gasteiger partial charge on any atom is 0.174 e. The van der Waals surface area contributed by atoms with Crippen molar-refractivity contribution in [1.82, 2.24) is 9.97 Å². The number of halogens is 1. The summed E-state index contributed by atoms with van der Waals surface area (Å²) in [7, 11) is 0. The number of nitrogens with zero attached hydrogens (tertiary/aromatic N) is 2. The summed E-state index contributed by atoms with van der Waals surface area (Å²) < 4.78 is 1.78. The van der Waals surface area contributed by atoms with Crippen LogP contribution in [0.5, 0.6) is 0 Å². The summed E-state index contributed by atoms with van der Waals surface area (Å²) >= 11 is 6.18. The first-order chi connectivity index (χ1) is 12.7. The molecule has 0 N–H and O–H groups in total. The Bertz CT molecular complexity index is 1070. The second-order valence-corrected chi connectivity index (χ2v) is 7.99. The Hall–Kier alpha value is -1.96. The van der Waals surface area contributed by atoms with Gasteiger partial charge in [0.1, 0.15) is 0 Å². The molecule has 26 heavy (non-hydrogen) atoms. The molecule has 0 fully saturated rings. The van der Waals surface area contributed by atoms with Crippen molar-refractivity contribution in [3.63, 3.8) is 0 Å². The predicted molar refractivity (Wildman–Crippen MR) is 111 cm³/mol. The lowest BCUT2D eigenvalue weighted by atomic mass is 9.97. The largest absolute Gasteiger partial charge is 0.294 e. The molecular formula is C19H13BrN2O2S2. The fourth-order valence-electron chi connectivity index (χ4n) is 3.04. The molecule has 4 rings (SSSR count). The molecule has 0 aliphatic rings. The van der Waals surface area contributed by atoms with Gasteiger partial charge >= 0.3 is 0 Å². The number of fused-ring (bicyclic) bond motifs is 2. The molecule has 0 unspecified atom stereocenters. The fourth-order valence-corrected chi connectivity index (χ4v) is 5.03. The van der Waals surface area contributed by atoms with E-state index >= 15 is 0 Å². The van der Waals surface area contributed by atoms with Gasteiger partial charge in [0.05, 0.1) is 36.8 Å². The van der Waals surface area contributed by atoms with Gasteiger partial charge in [0.25, 0.3) is 0 Å². The molecule has 0 spiro atoms. The predicted octanol–water partition coefficient (Wildman–Crippen LogP) is 5.74. The lowest BCUT2D eigenvalue weighted by Crippen LogP contribution is -2.01. The number of benzene rings is 2. The van der Waals surface area contributed by atoms with E-state index in [0.29, 0.717) is 17.5 Å². The Labute approximate surface area is 166 Å². The minimum absolute atomic E-state index is 0.0356. The standard InChI is InChI=1S/C19H13BrN2O2S2/c1-2-14(23)12-5-3-10(16-18(12)25-8-21-16)11-4-6-13(15(24)7-20)19-17(11)22-9-26-19/h3-6,8-9H,2,7H2,1H3. The number of aromatic nitrogens is 2. The number of hydrogen-bond acceptors (Lipinski definition) is 6.